The van der Waals surface area contributed by atoms with Crippen LogP contribution in [0.5, 0.6) is 5.75 Å². The number of aryl methyl sites for hydroxylation is 3. The van der Waals surface area contributed by atoms with Crippen LogP contribution in [0.15, 0.2) is 90.4 Å². The van der Waals surface area contributed by atoms with Gasteiger partial charge in [0.25, 0.3) is 5.56 Å². The Labute approximate surface area is 213 Å². The van der Waals surface area contributed by atoms with Crippen LogP contribution >= 0.6 is 0 Å². The molecule has 0 atom stereocenters. The molecule has 0 amide bonds. The van der Waals surface area contributed by atoms with Crippen LogP contribution in [-0.2, 0) is 19.5 Å². The number of methoxy groups -OCH3 is 1. The topological polar surface area (TPSA) is 78.4 Å². The SMILES string of the molecule is COc1ccc(CCn2c(=O)c3ccccc3c3nc4ccc(NCCCn5ccnc5)cn4c32)cc1. The number of hydrogen-bond acceptors (Lipinski definition) is 5. The Kier molecular flexibility index (Phi) is 6.06. The van der Waals surface area contributed by atoms with Gasteiger partial charge in [0.15, 0.2) is 0 Å². The summed E-state index contributed by atoms with van der Waals surface area (Å²) in [4.78, 5) is 22.7. The van der Waals surface area contributed by atoms with Crippen molar-refractivity contribution >= 4 is 33.3 Å². The standard InChI is InChI=1S/C29H28N6O2/c1-37-23-10-7-21(8-11-23)13-17-34-28-27(24-5-2-3-6-25(24)29(34)36)32-26-12-9-22(19-35(26)28)31-14-4-16-33-18-15-30-20-33/h2-3,5-12,15,18-20,31H,4,13-14,16-17H2,1H3. The summed E-state index contributed by atoms with van der Waals surface area (Å²) in [5.74, 6) is 0.820. The largest absolute Gasteiger partial charge is 0.497 e. The zero-order chi connectivity index (χ0) is 25.2. The molecule has 0 unspecified atom stereocenters. The van der Waals surface area contributed by atoms with Crippen LogP contribution < -0.4 is 15.6 Å². The van der Waals surface area contributed by atoms with Crippen LogP contribution in [0, 0.1) is 0 Å². The van der Waals surface area contributed by atoms with E-state index in [0.717, 1.165) is 65.1 Å². The first-order valence-corrected chi connectivity index (χ1v) is 12.5. The van der Waals surface area contributed by atoms with Crippen molar-refractivity contribution in [2.24, 2.45) is 0 Å². The second-order valence-corrected chi connectivity index (χ2v) is 9.11. The normalized spacial score (nSPS) is 11.5. The van der Waals surface area contributed by atoms with E-state index in [2.05, 4.69) is 14.9 Å². The molecule has 0 radical (unpaired) electrons. The van der Waals surface area contributed by atoms with Gasteiger partial charge in [-0.05, 0) is 48.7 Å². The number of imidazole rings is 2. The molecule has 6 rings (SSSR count). The highest BCUT2D eigenvalue weighted by Gasteiger charge is 2.16. The molecule has 4 heterocycles. The first kappa shape index (κ1) is 22.8. The minimum atomic E-state index is -0.00268. The Morgan fingerprint density at radius 3 is 2.59 bits per heavy atom. The number of nitrogens with one attached hydrogen (secondary N) is 1. The number of benzene rings is 2. The first-order valence-electron chi connectivity index (χ1n) is 12.5. The first-order chi connectivity index (χ1) is 18.2. The van der Waals surface area contributed by atoms with E-state index >= 15 is 0 Å². The Balaban J connectivity index is 1.37. The van der Waals surface area contributed by atoms with E-state index in [4.69, 9.17) is 9.72 Å². The van der Waals surface area contributed by atoms with Crippen molar-refractivity contribution in [2.75, 3.05) is 19.0 Å². The van der Waals surface area contributed by atoms with Crippen LogP contribution in [0.2, 0.25) is 0 Å². The van der Waals surface area contributed by atoms with Crippen LogP contribution in [0.25, 0.3) is 27.6 Å². The van der Waals surface area contributed by atoms with Gasteiger partial charge >= 0.3 is 0 Å². The highest BCUT2D eigenvalue weighted by molar-refractivity contribution is 6.03. The number of fused-ring (bicyclic) bond motifs is 5. The lowest BCUT2D eigenvalue weighted by atomic mass is 10.1. The number of aromatic nitrogens is 5. The summed E-state index contributed by atoms with van der Waals surface area (Å²) in [6, 6.07) is 19.8. The molecule has 37 heavy (non-hydrogen) atoms. The Morgan fingerprint density at radius 2 is 1.81 bits per heavy atom. The zero-order valence-electron chi connectivity index (χ0n) is 20.7. The van der Waals surface area contributed by atoms with Crippen LogP contribution in [-0.4, -0.2) is 37.2 Å². The van der Waals surface area contributed by atoms with Gasteiger partial charge in [-0.25, -0.2) is 9.97 Å². The number of rotatable bonds is 9. The number of anilines is 1. The van der Waals surface area contributed by atoms with Gasteiger partial charge in [0.1, 0.15) is 22.6 Å². The van der Waals surface area contributed by atoms with E-state index in [-0.39, 0.29) is 5.56 Å². The maximum absolute atomic E-state index is 13.7. The highest BCUT2D eigenvalue weighted by Crippen LogP contribution is 2.25. The second kappa shape index (κ2) is 9.81. The number of hydrogen-bond donors (Lipinski definition) is 1. The van der Waals surface area contributed by atoms with E-state index in [0.29, 0.717) is 11.9 Å². The molecule has 0 aliphatic heterocycles. The van der Waals surface area contributed by atoms with Crippen LogP contribution in [0.3, 0.4) is 0 Å². The third-order valence-corrected chi connectivity index (χ3v) is 6.77. The number of nitrogens with zero attached hydrogens (tertiary/aromatic N) is 5. The Bertz CT molecular complexity index is 1730. The van der Waals surface area contributed by atoms with Crippen molar-refractivity contribution in [1.82, 2.24) is 23.5 Å². The summed E-state index contributed by atoms with van der Waals surface area (Å²) in [6.07, 6.45) is 9.33. The van der Waals surface area contributed by atoms with E-state index in [1.54, 1.807) is 13.3 Å². The molecule has 8 nitrogen and oxygen atoms in total. The fourth-order valence-corrected chi connectivity index (χ4v) is 4.85. The predicted octanol–water partition coefficient (Wildman–Crippen LogP) is 4.75. The maximum atomic E-state index is 13.7. The van der Waals surface area contributed by atoms with Crippen LogP contribution in [0.1, 0.15) is 12.0 Å². The van der Waals surface area contributed by atoms with Crippen molar-refractivity contribution < 1.29 is 4.74 Å². The van der Waals surface area contributed by atoms with Gasteiger partial charge in [0, 0.05) is 49.0 Å². The van der Waals surface area contributed by atoms with E-state index in [9.17, 15) is 4.79 Å². The average Bonchev–Trinajstić information content (AvgIpc) is 3.60. The van der Waals surface area contributed by atoms with Gasteiger partial charge in [-0.3, -0.25) is 13.8 Å². The molecule has 0 saturated carbocycles. The number of pyridine rings is 2. The molecule has 186 valence electrons. The van der Waals surface area contributed by atoms with Gasteiger partial charge in [-0.15, -0.1) is 0 Å². The highest BCUT2D eigenvalue weighted by atomic mass is 16.5. The molecule has 2 aromatic carbocycles. The summed E-state index contributed by atoms with van der Waals surface area (Å²) < 4.78 is 11.3. The summed E-state index contributed by atoms with van der Waals surface area (Å²) in [5, 5.41) is 5.07. The average molecular weight is 493 g/mol. The summed E-state index contributed by atoms with van der Waals surface area (Å²) >= 11 is 0. The monoisotopic (exact) mass is 492 g/mol. The molecule has 1 N–H and O–H groups in total. The third-order valence-electron chi connectivity index (χ3n) is 6.77. The van der Waals surface area contributed by atoms with Crippen molar-refractivity contribution in [3.05, 3.63) is 101 Å². The Morgan fingerprint density at radius 1 is 0.973 bits per heavy atom. The predicted molar refractivity (Wildman–Crippen MR) is 146 cm³/mol. The maximum Gasteiger partial charge on any atom is 0.260 e. The lowest BCUT2D eigenvalue weighted by Gasteiger charge is -2.12. The quantitative estimate of drug-likeness (QED) is 0.295. The Hall–Kier alpha value is -4.59. The molecular formula is C29H28N6O2. The molecule has 0 spiro atoms. The molecule has 0 saturated heterocycles. The molecule has 0 aliphatic carbocycles. The fourth-order valence-electron chi connectivity index (χ4n) is 4.85. The van der Waals surface area contributed by atoms with Crippen molar-refractivity contribution in [3.63, 3.8) is 0 Å². The van der Waals surface area contributed by atoms with Crippen molar-refractivity contribution in [1.29, 1.82) is 0 Å². The minimum Gasteiger partial charge on any atom is -0.497 e. The van der Waals surface area contributed by atoms with Gasteiger partial charge in [0.05, 0.1) is 19.1 Å². The van der Waals surface area contributed by atoms with Crippen molar-refractivity contribution in [2.45, 2.75) is 25.9 Å². The zero-order valence-corrected chi connectivity index (χ0v) is 20.7. The molecule has 8 heteroatoms. The summed E-state index contributed by atoms with van der Waals surface area (Å²) in [6.45, 7) is 2.27. The summed E-state index contributed by atoms with van der Waals surface area (Å²) in [5.41, 5.74) is 4.59. The second-order valence-electron chi connectivity index (χ2n) is 9.11. The van der Waals surface area contributed by atoms with Gasteiger partial charge in [-0.2, -0.15) is 0 Å². The molecular weight excluding hydrogens is 464 g/mol. The lowest BCUT2D eigenvalue weighted by Crippen LogP contribution is -2.22. The molecule has 0 fully saturated rings. The summed E-state index contributed by atoms with van der Waals surface area (Å²) in [7, 11) is 1.66. The molecule has 0 aliphatic rings. The van der Waals surface area contributed by atoms with E-state index in [1.807, 2.05) is 88.4 Å². The van der Waals surface area contributed by atoms with Crippen LogP contribution in [0.4, 0.5) is 5.69 Å². The van der Waals surface area contributed by atoms with E-state index in [1.165, 1.54) is 0 Å². The molecule has 0 bridgehead atoms. The minimum absolute atomic E-state index is 0.00268. The smallest absolute Gasteiger partial charge is 0.260 e. The fraction of sp³-hybridized carbons (Fsp3) is 0.207. The lowest BCUT2D eigenvalue weighted by molar-refractivity contribution is 0.414. The third kappa shape index (κ3) is 4.42. The van der Waals surface area contributed by atoms with E-state index < -0.39 is 0 Å². The molecule has 6 aromatic rings. The van der Waals surface area contributed by atoms with Gasteiger partial charge in [0.2, 0.25) is 0 Å². The van der Waals surface area contributed by atoms with Gasteiger partial charge < -0.3 is 14.6 Å². The number of ether oxygens (including phenoxy) is 1. The van der Waals surface area contributed by atoms with Crippen molar-refractivity contribution in [3.8, 4) is 5.75 Å². The van der Waals surface area contributed by atoms with Gasteiger partial charge in [-0.1, -0.05) is 30.3 Å². The molecule has 4 aromatic heterocycles.